The molecule has 24 valence electrons. The van der Waals surface area contributed by atoms with Gasteiger partial charge in [0.25, 0.3) is 0 Å². The van der Waals surface area contributed by atoms with Crippen LogP contribution in [-0.4, -0.2) is 19.8 Å². The van der Waals surface area contributed by atoms with Crippen LogP contribution in [0.25, 0.3) is 18.5 Å². The van der Waals surface area contributed by atoms with Crippen LogP contribution in [0.2, 0.25) is 0 Å². The van der Waals surface area contributed by atoms with Gasteiger partial charge in [-0.15, -0.1) is 0 Å². The van der Waals surface area contributed by atoms with Gasteiger partial charge in [-0.1, -0.05) is 0 Å². The van der Waals surface area contributed by atoms with Crippen LogP contribution in [0.1, 0.15) is 0 Å². The molecule has 0 N–H and O–H groups in total. The summed E-state index contributed by atoms with van der Waals surface area (Å²) < 4.78 is 0. The van der Waals surface area contributed by atoms with Crippen molar-refractivity contribution in [3.63, 3.8) is 0 Å². The first kappa shape index (κ1) is 116. The molecule has 0 aromatic heterocycles. The van der Waals surface area contributed by atoms with Gasteiger partial charge in [0.15, 0.2) is 0 Å². The van der Waals surface area contributed by atoms with Gasteiger partial charge in [0, 0.05) is 0 Å². The van der Waals surface area contributed by atoms with Crippen molar-refractivity contribution in [2.24, 2.45) is 0 Å². The summed E-state index contributed by atoms with van der Waals surface area (Å²) in [6.07, 6.45) is 0. The van der Waals surface area contributed by atoms with Crippen LogP contribution in [0.4, 0.5) is 0 Å². The number of rotatable bonds is 0. The Morgan fingerprint density at radius 2 is 0.429 bits per heavy atom. The SMILES string of the molecule is [Ga+3].[N-3].[N-3].[N-3].[Zn+2].[Zn+2].[Zn+2]. The van der Waals surface area contributed by atoms with Crippen molar-refractivity contribution in [2.75, 3.05) is 0 Å². The third-order valence-corrected chi connectivity index (χ3v) is 0. The third-order valence-electron chi connectivity index (χ3n) is 0. The molecule has 3 nitrogen and oxygen atoms in total. The van der Waals surface area contributed by atoms with E-state index in [4.69, 9.17) is 0 Å². The molecular formula is GaN3Zn3. The molecule has 0 aliphatic carbocycles. The van der Waals surface area contributed by atoms with E-state index in [1.807, 2.05) is 0 Å². The van der Waals surface area contributed by atoms with Gasteiger partial charge in [-0.05, 0) is 0 Å². The fraction of sp³-hybridized carbons (Fsp3) is 0. The molecule has 0 saturated heterocycles. The Morgan fingerprint density at radius 1 is 0.429 bits per heavy atom. The van der Waals surface area contributed by atoms with Crippen LogP contribution in [0.3, 0.4) is 0 Å². The van der Waals surface area contributed by atoms with E-state index in [1.54, 1.807) is 0 Å². The summed E-state index contributed by atoms with van der Waals surface area (Å²) in [5.74, 6) is 0. The van der Waals surface area contributed by atoms with Crippen LogP contribution in [0, 0.1) is 0 Å². The second-order valence-electron chi connectivity index (χ2n) is 0. The van der Waals surface area contributed by atoms with Gasteiger partial charge in [0.2, 0.25) is 0 Å². The predicted molar refractivity (Wildman–Crippen MR) is 15.8 cm³/mol. The van der Waals surface area contributed by atoms with Gasteiger partial charge >= 0.3 is 78.2 Å². The van der Waals surface area contributed by atoms with E-state index in [0.717, 1.165) is 0 Å². The molecule has 0 atom stereocenters. The van der Waals surface area contributed by atoms with Crippen molar-refractivity contribution in [1.82, 2.24) is 0 Å². The fourth-order valence-corrected chi connectivity index (χ4v) is 0. The number of hydrogen-bond donors (Lipinski definition) is 0. The first-order valence-corrected chi connectivity index (χ1v) is 0. The Morgan fingerprint density at radius 3 is 0.429 bits per heavy atom. The van der Waals surface area contributed by atoms with Crippen LogP contribution >= 0.6 is 0 Å². The van der Waals surface area contributed by atoms with E-state index in [-0.39, 0.29) is 96.7 Å². The molecule has 0 aliphatic rings. The largest absolute Gasteiger partial charge is 3.00 e. The summed E-state index contributed by atoms with van der Waals surface area (Å²) in [5.41, 5.74) is 0. The first-order valence-electron chi connectivity index (χ1n) is 0. The average Bonchev–Trinajstić information content (AvgIpc) is 0. The van der Waals surface area contributed by atoms with E-state index < -0.39 is 0 Å². The van der Waals surface area contributed by atoms with Gasteiger partial charge in [-0.3, -0.25) is 0 Å². The molecule has 0 unspecified atom stereocenters. The molecule has 0 rings (SSSR count). The van der Waals surface area contributed by atoms with E-state index in [1.165, 1.54) is 0 Å². The first-order chi connectivity index (χ1) is 0. The van der Waals surface area contributed by atoms with Gasteiger partial charge in [-0.2, -0.15) is 0 Å². The van der Waals surface area contributed by atoms with E-state index in [0.29, 0.717) is 0 Å². The summed E-state index contributed by atoms with van der Waals surface area (Å²) in [4.78, 5) is 0. The van der Waals surface area contributed by atoms with Crippen LogP contribution in [0.5, 0.6) is 0 Å². The Balaban J connectivity index is 0. The van der Waals surface area contributed by atoms with E-state index in [2.05, 4.69) is 0 Å². The average molecular weight is 308 g/mol. The number of hydrogen-bond acceptors (Lipinski definition) is 0. The summed E-state index contributed by atoms with van der Waals surface area (Å²) in [6.45, 7) is 0. The van der Waals surface area contributed by atoms with Gasteiger partial charge in [0.05, 0.1) is 0 Å². The summed E-state index contributed by atoms with van der Waals surface area (Å²) in [6, 6.07) is 0. The Kier molecular flexibility index (Phi) is 1330. The topological polar surface area (TPSA) is 91.5 Å². The normalized spacial score (nSPS) is 0. The van der Waals surface area contributed by atoms with Gasteiger partial charge in [0.1, 0.15) is 0 Å². The molecule has 0 heterocycles. The zero-order valence-corrected chi connectivity index (χ0v) is 15.4. The molecule has 7 heavy (non-hydrogen) atoms. The van der Waals surface area contributed by atoms with Crippen molar-refractivity contribution < 1.29 is 58.4 Å². The molecule has 0 bridgehead atoms. The molecule has 0 amide bonds. The minimum absolute atomic E-state index is 0. The second-order valence-corrected chi connectivity index (χ2v) is 0. The summed E-state index contributed by atoms with van der Waals surface area (Å²) in [7, 11) is 0. The minimum Gasteiger partial charge on any atom is -3.00 e. The molecule has 0 aromatic rings. The molecule has 0 spiro atoms. The molecule has 7 heteroatoms. The monoisotopic (exact) mass is 303 g/mol. The maximum Gasteiger partial charge on any atom is 3.00 e. The molecular weight excluding hydrogens is 308 g/mol. The molecule has 0 aliphatic heterocycles. The Hall–Kier alpha value is 2.39. The fourth-order valence-electron chi connectivity index (χ4n) is 0. The molecule has 0 fully saturated rings. The Bertz CT molecular complexity index is 10.1. The van der Waals surface area contributed by atoms with Gasteiger partial charge in [-0.25, -0.2) is 0 Å². The van der Waals surface area contributed by atoms with Crippen molar-refractivity contribution in [2.45, 2.75) is 0 Å². The van der Waals surface area contributed by atoms with Crippen molar-refractivity contribution >= 4 is 19.8 Å². The Labute approximate surface area is 95.6 Å². The second kappa shape index (κ2) is 80.3. The van der Waals surface area contributed by atoms with Gasteiger partial charge < -0.3 is 18.5 Å². The predicted octanol–water partition coefficient (Wildman–Crippen LogP) is 0.478. The van der Waals surface area contributed by atoms with Crippen LogP contribution < -0.4 is 0 Å². The summed E-state index contributed by atoms with van der Waals surface area (Å²) >= 11 is 0. The zero-order chi connectivity index (χ0) is 0. The van der Waals surface area contributed by atoms with Crippen molar-refractivity contribution in [3.8, 4) is 0 Å². The molecule has 0 radical (unpaired) electrons. The summed E-state index contributed by atoms with van der Waals surface area (Å²) in [5, 5.41) is 0. The van der Waals surface area contributed by atoms with Crippen molar-refractivity contribution in [1.29, 1.82) is 0 Å². The van der Waals surface area contributed by atoms with Crippen LogP contribution in [-0.2, 0) is 58.4 Å². The number of nitrogens with zero attached hydrogens (tertiary/aromatic N) is 3. The smallest absolute Gasteiger partial charge is 3.00 e. The third kappa shape index (κ3) is 60.1. The quantitative estimate of drug-likeness (QED) is 0.582. The minimum atomic E-state index is 0. The standard InChI is InChI=1S/Ga.3N.3Zn/q+3;3*-3;3*+2. The van der Waals surface area contributed by atoms with Crippen molar-refractivity contribution in [3.05, 3.63) is 18.5 Å². The zero-order valence-electron chi connectivity index (χ0n) is 4.04. The maximum atomic E-state index is 0. The van der Waals surface area contributed by atoms with E-state index in [9.17, 15) is 0 Å². The molecule has 0 saturated carbocycles. The van der Waals surface area contributed by atoms with Crippen LogP contribution in [0.15, 0.2) is 0 Å². The maximum absolute atomic E-state index is 0. The van der Waals surface area contributed by atoms with E-state index >= 15 is 0 Å². The molecule has 0 aromatic carbocycles.